The van der Waals surface area contributed by atoms with Gasteiger partial charge in [0.15, 0.2) is 0 Å². The van der Waals surface area contributed by atoms with Gasteiger partial charge < -0.3 is 9.73 Å². The van der Waals surface area contributed by atoms with Gasteiger partial charge in [-0.3, -0.25) is 4.79 Å². The summed E-state index contributed by atoms with van der Waals surface area (Å²) in [6.07, 6.45) is 3.90. The fourth-order valence-corrected chi connectivity index (χ4v) is 3.39. The molecule has 1 N–H and O–H groups in total. The summed E-state index contributed by atoms with van der Waals surface area (Å²) in [6, 6.07) is 13.5. The summed E-state index contributed by atoms with van der Waals surface area (Å²) in [4.78, 5) is 16.9. The molecule has 26 heavy (non-hydrogen) atoms. The Morgan fingerprint density at radius 1 is 1.31 bits per heavy atom. The third kappa shape index (κ3) is 3.83. The van der Waals surface area contributed by atoms with Crippen LogP contribution in [0.25, 0.3) is 5.69 Å². The molecule has 134 valence electrons. The minimum Gasteiger partial charge on any atom is -0.467 e. The van der Waals surface area contributed by atoms with Crippen LogP contribution in [0, 0.1) is 0 Å². The standard InChI is InChI=1S/C19H20N4O2S/c1-13(16-8-5-11-25-16)20-17(24)12-26-19-21-18(14-9-10-14)23(22-19)15-6-3-2-4-7-15/h2-8,11,13-14H,9-10,12H2,1H3,(H,20,24)/t13-/m0/s1. The highest BCUT2D eigenvalue weighted by Gasteiger charge is 2.30. The Bertz CT molecular complexity index is 872. The van der Waals surface area contributed by atoms with E-state index in [-0.39, 0.29) is 17.7 Å². The number of hydrogen-bond acceptors (Lipinski definition) is 5. The Kier molecular flexibility index (Phi) is 4.79. The van der Waals surface area contributed by atoms with E-state index in [1.165, 1.54) is 11.8 Å². The number of furan rings is 1. The van der Waals surface area contributed by atoms with E-state index in [1.807, 2.05) is 54.1 Å². The van der Waals surface area contributed by atoms with E-state index in [4.69, 9.17) is 4.42 Å². The first-order valence-electron chi connectivity index (χ1n) is 8.68. The molecule has 0 unspecified atom stereocenters. The van der Waals surface area contributed by atoms with Crippen molar-refractivity contribution in [2.75, 3.05) is 5.75 Å². The lowest BCUT2D eigenvalue weighted by Crippen LogP contribution is -2.27. The molecule has 2 heterocycles. The molecular formula is C19H20N4O2S. The van der Waals surface area contributed by atoms with E-state index in [0.717, 1.165) is 30.1 Å². The zero-order valence-corrected chi connectivity index (χ0v) is 15.3. The molecule has 3 aromatic rings. The van der Waals surface area contributed by atoms with Crippen LogP contribution in [0.3, 0.4) is 0 Å². The Hall–Kier alpha value is -2.54. The lowest BCUT2D eigenvalue weighted by atomic mass is 10.2. The number of rotatable bonds is 7. The smallest absolute Gasteiger partial charge is 0.231 e. The number of para-hydroxylation sites is 1. The molecule has 0 bridgehead atoms. The molecule has 1 amide bonds. The zero-order chi connectivity index (χ0) is 17.9. The first-order chi connectivity index (χ1) is 12.7. The van der Waals surface area contributed by atoms with Crippen LogP contribution in [0.2, 0.25) is 0 Å². The van der Waals surface area contributed by atoms with E-state index >= 15 is 0 Å². The van der Waals surface area contributed by atoms with Gasteiger partial charge in [-0.15, -0.1) is 5.10 Å². The summed E-state index contributed by atoms with van der Waals surface area (Å²) in [5.41, 5.74) is 1.00. The minimum absolute atomic E-state index is 0.0667. The fraction of sp³-hybridized carbons (Fsp3) is 0.316. The van der Waals surface area contributed by atoms with E-state index in [9.17, 15) is 4.79 Å². The molecule has 1 atom stereocenters. The molecule has 6 nitrogen and oxygen atoms in total. The van der Waals surface area contributed by atoms with Crippen LogP contribution in [0.5, 0.6) is 0 Å². The molecule has 4 rings (SSSR count). The van der Waals surface area contributed by atoms with Gasteiger partial charge >= 0.3 is 0 Å². The molecule has 1 fully saturated rings. The highest BCUT2D eigenvalue weighted by Crippen LogP contribution is 2.40. The molecule has 1 aromatic carbocycles. The number of amides is 1. The SMILES string of the molecule is C[C@H](NC(=O)CSc1nc(C2CC2)n(-c2ccccc2)n1)c1ccco1. The highest BCUT2D eigenvalue weighted by molar-refractivity contribution is 7.99. The Labute approximate surface area is 156 Å². The van der Waals surface area contributed by atoms with Crippen molar-refractivity contribution in [2.24, 2.45) is 0 Å². The molecule has 0 radical (unpaired) electrons. The average Bonchev–Trinajstić information content (AvgIpc) is 3.19. The zero-order valence-electron chi connectivity index (χ0n) is 14.5. The van der Waals surface area contributed by atoms with Crippen LogP contribution in [0.15, 0.2) is 58.3 Å². The average molecular weight is 368 g/mol. The van der Waals surface area contributed by atoms with E-state index in [0.29, 0.717) is 11.1 Å². The number of benzene rings is 1. The van der Waals surface area contributed by atoms with E-state index in [1.54, 1.807) is 6.26 Å². The van der Waals surface area contributed by atoms with Gasteiger partial charge in [0.2, 0.25) is 11.1 Å². The second-order valence-electron chi connectivity index (χ2n) is 6.37. The highest BCUT2D eigenvalue weighted by atomic mass is 32.2. The quantitative estimate of drug-likeness (QED) is 0.644. The minimum atomic E-state index is -0.157. The number of hydrogen-bond donors (Lipinski definition) is 1. The maximum absolute atomic E-state index is 12.2. The molecule has 0 saturated heterocycles. The van der Waals surface area contributed by atoms with Crippen LogP contribution < -0.4 is 5.32 Å². The van der Waals surface area contributed by atoms with Gasteiger partial charge in [0, 0.05) is 5.92 Å². The predicted molar refractivity (Wildman–Crippen MR) is 99.3 cm³/mol. The second-order valence-corrected chi connectivity index (χ2v) is 7.31. The normalized spacial score (nSPS) is 15.0. The summed E-state index contributed by atoms with van der Waals surface area (Å²) >= 11 is 1.36. The van der Waals surface area contributed by atoms with Gasteiger partial charge in [-0.2, -0.15) is 0 Å². The van der Waals surface area contributed by atoms with Crippen molar-refractivity contribution in [3.8, 4) is 5.69 Å². The molecule has 7 heteroatoms. The monoisotopic (exact) mass is 368 g/mol. The van der Waals surface area contributed by atoms with Crippen LogP contribution >= 0.6 is 11.8 Å². The molecule has 1 saturated carbocycles. The van der Waals surface area contributed by atoms with Crippen molar-refractivity contribution < 1.29 is 9.21 Å². The van der Waals surface area contributed by atoms with Crippen molar-refractivity contribution in [1.82, 2.24) is 20.1 Å². The number of nitrogens with zero attached hydrogens (tertiary/aromatic N) is 3. The fourth-order valence-electron chi connectivity index (χ4n) is 2.75. The first-order valence-corrected chi connectivity index (χ1v) is 9.67. The van der Waals surface area contributed by atoms with E-state index < -0.39 is 0 Å². The number of carbonyl (C=O) groups excluding carboxylic acids is 1. The van der Waals surface area contributed by atoms with Gasteiger partial charge in [-0.1, -0.05) is 30.0 Å². The largest absolute Gasteiger partial charge is 0.467 e. The number of thioether (sulfide) groups is 1. The maximum atomic E-state index is 12.2. The Balaban J connectivity index is 1.41. The molecular weight excluding hydrogens is 348 g/mol. The third-order valence-electron chi connectivity index (χ3n) is 4.24. The Morgan fingerprint density at radius 2 is 2.12 bits per heavy atom. The van der Waals surface area contributed by atoms with Gasteiger partial charge in [-0.25, -0.2) is 9.67 Å². The van der Waals surface area contributed by atoms with Crippen molar-refractivity contribution in [3.63, 3.8) is 0 Å². The first kappa shape index (κ1) is 16.9. The van der Waals surface area contributed by atoms with Crippen molar-refractivity contribution in [3.05, 3.63) is 60.3 Å². The van der Waals surface area contributed by atoms with Gasteiger partial charge in [0.05, 0.1) is 23.7 Å². The summed E-state index contributed by atoms with van der Waals surface area (Å²) in [6.45, 7) is 1.90. The molecule has 0 spiro atoms. The summed E-state index contributed by atoms with van der Waals surface area (Å²) in [5.74, 6) is 2.41. The van der Waals surface area contributed by atoms with Gasteiger partial charge in [-0.05, 0) is 44.0 Å². The summed E-state index contributed by atoms with van der Waals surface area (Å²) in [5, 5.41) is 8.17. The summed E-state index contributed by atoms with van der Waals surface area (Å²) in [7, 11) is 0. The van der Waals surface area contributed by atoms with Crippen LogP contribution in [-0.2, 0) is 4.79 Å². The molecule has 0 aliphatic heterocycles. The van der Waals surface area contributed by atoms with Crippen LogP contribution in [0.1, 0.15) is 43.3 Å². The predicted octanol–water partition coefficient (Wildman–Crippen LogP) is 3.71. The molecule has 2 aromatic heterocycles. The van der Waals surface area contributed by atoms with Gasteiger partial charge in [0.25, 0.3) is 0 Å². The summed E-state index contributed by atoms with van der Waals surface area (Å²) < 4.78 is 7.22. The third-order valence-corrected chi connectivity index (χ3v) is 5.07. The molecule has 1 aliphatic rings. The lowest BCUT2D eigenvalue weighted by molar-refractivity contribution is -0.119. The van der Waals surface area contributed by atoms with Gasteiger partial charge in [0.1, 0.15) is 11.6 Å². The maximum Gasteiger partial charge on any atom is 0.231 e. The van der Waals surface area contributed by atoms with Crippen LogP contribution in [0.4, 0.5) is 0 Å². The number of nitrogens with one attached hydrogen (secondary N) is 1. The van der Waals surface area contributed by atoms with Crippen LogP contribution in [-0.4, -0.2) is 26.4 Å². The van der Waals surface area contributed by atoms with E-state index in [2.05, 4.69) is 15.4 Å². The van der Waals surface area contributed by atoms with Crippen molar-refractivity contribution >= 4 is 17.7 Å². The lowest BCUT2D eigenvalue weighted by Gasteiger charge is -2.10. The molecule has 1 aliphatic carbocycles. The number of aromatic nitrogens is 3. The topological polar surface area (TPSA) is 73.0 Å². The van der Waals surface area contributed by atoms with Crippen molar-refractivity contribution in [1.29, 1.82) is 0 Å². The van der Waals surface area contributed by atoms with Crippen molar-refractivity contribution in [2.45, 2.75) is 36.9 Å². The Morgan fingerprint density at radius 3 is 2.81 bits per heavy atom. The number of carbonyl (C=O) groups is 1. The second kappa shape index (κ2) is 7.37.